The van der Waals surface area contributed by atoms with E-state index in [2.05, 4.69) is 5.32 Å². The van der Waals surface area contributed by atoms with Gasteiger partial charge in [-0.05, 0) is 19.4 Å². The fourth-order valence-corrected chi connectivity index (χ4v) is 1.15. The van der Waals surface area contributed by atoms with Crippen LogP contribution in [-0.2, 0) is 9.53 Å². The first kappa shape index (κ1) is 8.49. The molecule has 2 N–H and O–H groups in total. The summed E-state index contributed by atoms with van der Waals surface area (Å²) in [6.07, 6.45) is 2.14. The normalized spacial score (nSPS) is 24.9. The van der Waals surface area contributed by atoms with Crippen LogP contribution < -0.4 is 5.32 Å². The zero-order valence-corrected chi connectivity index (χ0v) is 6.38. The lowest BCUT2D eigenvalue weighted by molar-refractivity contribution is -0.144. The Labute approximate surface area is 65.5 Å². The van der Waals surface area contributed by atoms with E-state index in [4.69, 9.17) is 9.84 Å². The molecule has 0 saturated carbocycles. The van der Waals surface area contributed by atoms with E-state index in [9.17, 15) is 4.79 Å². The Hall–Kier alpha value is -0.610. The highest BCUT2D eigenvalue weighted by Crippen LogP contribution is 2.04. The molecule has 4 nitrogen and oxygen atoms in total. The molecule has 1 rings (SSSR count). The van der Waals surface area contributed by atoms with Crippen molar-refractivity contribution in [3.63, 3.8) is 0 Å². The number of carbonyl (C=O) groups is 1. The lowest BCUT2D eigenvalue weighted by atomic mass is 10.1. The maximum absolute atomic E-state index is 10.1. The number of ether oxygens (including phenoxy) is 1. The third-order valence-electron chi connectivity index (χ3n) is 1.69. The molecule has 11 heavy (non-hydrogen) atoms. The molecule has 1 heterocycles. The van der Waals surface area contributed by atoms with E-state index in [1.54, 1.807) is 0 Å². The summed E-state index contributed by atoms with van der Waals surface area (Å²) in [7, 11) is 0. The molecule has 0 radical (unpaired) electrons. The lowest BCUT2D eigenvalue weighted by Crippen LogP contribution is -2.36. The fourth-order valence-electron chi connectivity index (χ4n) is 1.15. The van der Waals surface area contributed by atoms with Crippen molar-refractivity contribution in [1.29, 1.82) is 0 Å². The minimum Gasteiger partial charge on any atom is -0.480 e. The molecule has 64 valence electrons. The molecule has 1 atom stereocenters. The van der Waals surface area contributed by atoms with Crippen LogP contribution in [0.3, 0.4) is 0 Å². The highest BCUT2D eigenvalue weighted by molar-refractivity contribution is 5.68. The Morgan fingerprint density at radius 2 is 2.55 bits per heavy atom. The van der Waals surface area contributed by atoms with E-state index >= 15 is 0 Å². The third-order valence-corrected chi connectivity index (χ3v) is 1.69. The number of hydrogen-bond donors (Lipinski definition) is 2. The van der Waals surface area contributed by atoms with E-state index in [1.807, 2.05) is 0 Å². The number of carboxylic acid groups (broad SMARTS) is 1. The largest absolute Gasteiger partial charge is 0.480 e. The van der Waals surface area contributed by atoms with Gasteiger partial charge in [-0.1, -0.05) is 0 Å². The average Bonchev–Trinajstić information content (AvgIpc) is 2.03. The summed E-state index contributed by atoms with van der Waals surface area (Å²) in [6.45, 7) is 1.63. The summed E-state index contributed by atoms with van der Waals surface area (Å²) in [6, 6.07) is 0. The molecule has 0 aromatic rings. The minimum absolute atomic E-state index is 0.0971. The summed E-state index contributed by atoms with van der Waals surface area (Å²) in [4.78, 5) is 10.1. The molecule has 0 bridgehead atoms. The van der Waals surface area contributed by atoms with E-state index in [0.29, 0.717) is 0 Å². The number of carboxylic acids is 1. The molecule has 1 aliphatic rings. The zero-order chi connectivity index (χ0) is 8.10. The van der Waals surface area contributed by atoms with Gasteiger partial charge in [-0.3, -0.25) is 0 Å². The van der Waals surface area contributed by atoms with Crippen LogP contribution >= 0.6 is 0 Å². The molecule has 4 heteroatoms. The van der Waals surface area contributed by atoms with Crippen LogP contribution in [0.4, 0.5) is 0 Å². The standard InChI is InChI=1S/C7H13NO3/c9-7(10)5-11-6-2-1-3-8-4-6/h6,8H,1-5H2,(H,9,10)/t6-/m1/s1. The Kier molecular flexibility index (Phi) is 3.32. The molecular weight excluding hydrogens is 146 g/mol. The van der Waals surface area contributed by atoms with Crippen molar-refractivity contribution in [3.05, 3.63) is 0 Å². The van der Waals surface area contributed by atoms with E-state index in [0.717, 1.165) is 25.9 Å². The minimum atomic E-state index is -0.893. The van der Waals surface area contributed by atoms with Crippen molar-refractivity contribution in [2.24, 2.45) is 0 Å². The first-order valence-electron chi connectivity index (χ1n) is 3.83. The maximum Gasteiger partial charge on any atom is 0.329 e. The van der Waals surface area contributed by atoms with E-state index in [-0.39, 0.29) is 12.7 Å². The van der Waals surface area contributed by atoms with E-state index < -0.39 is 5.97 Å². The molecular formula is C7H13NO3. The SMILES string of the molecule is O=C(O)CO[C@@H]1CCCNC1. The molecule has 1 aliphatic heterocycles. The molecule has 0 aromatic carbocycles. The molecule has 0 spiro atoms. The van der Waals surface area contributed by atoms with Crippen LogP contribution in [0.5, 0.6) is 0 Å². The van der Waals surface area contributed by atoms with Crippen molar-refractivity contribution in [2.75, 3.05) is 19.7 Å². The second kappa shape index (κ2) is 4.31. The van der Waals surface area contributed by atoms with Crippen LogP contribution in [-0.4, -0.2) is 36.9 Å². The van der Waals surface area contributed by atoms with Crippen molar-refractivity contribution >= 4 is 5.97 Å². The van der Waals surface area contributed by atoms with Crippen molar-refractivity contribution in [2.45, 2.75) is 18.9 Å². The Morgan fingerprint density at radius 1 is 1.73 bits per heavy atom. The summed E-state index contributed by atoms with van der Waals surface area (Å²) in [5, 5.41) is 11.4. The van der Waals surface area contributed by atoms with Gasteiger partial charge in [-0.2, -0.15) is 0 Å². The number of nitrogens with one attached hydrogen (secondary N) is 1. The Morgan fingerprint density at radius 3 is 3.09 bits per heavy atom. The van der Waals surface area contributed by atoms with Gasteiger partial charge < -0.3 is 15.2 Å². The van der Waals surface area contributed by atoms with Crippen molar-refractivity contribution in [3.8, 4) is 0 Å². The van der Waals surface area contributed by atoms with Crippen LogP contribution in [0, 0.1) is 0 Å². The number of rotatable bonds is 3. The Bertz CT molecular complexity index is 132. The highest BCUT2D eigenvalue weighted by atomic mass is 16.5. The quantitative estimate of drug-likeness (QED) is 0.600. The molecule has 0 aliphatic carbocycles. The molecule has 1 saturated heterocycles. The number of aliphatic carboxylic acids is 1. The van der Waals surface area contributed by atoms with Gasteiger partial charge in [0.05, 0.1) is 6.10 Å². The monoisotopic (exact) mass is 159 g/mol. The second-order valence-corrected chi connectivity index (χ2v) is 2.67. The van der Waals surface area contributed by atoms with Gasteiger partial charge in [0, 0.05) is 6.54 Å². The summed E-state index contributed by atoms with van der Waals surface area (Å²) < 4.78 is 5.08. The average molecular weight is 159 g/mol. The second-order valence-electron chi connectivity index (χ2n) is 2.67. The van der Waals surface area contributed by atoms with Crippen molar-refractivity contribution in [1.82, 2.24) is 5.32 Å². The van der Waals surface area contributed by atoms with Crippen LogP contribution in [0.25, 0.3) is 0 Å². The first-order valence-corrected chi connectivity index (χ1v) is 3.83. The summed E-state index contributed by atoms with van der Waals surface area (Å²) in [5.74, 6) is -0.893. The zero-order valence-electron chi connectivity index (χ0n) is 6.38. The van der Waals surface area contributed by atoms with Gasteiger partial charge in [-0.25, -0.2) is 4.79 Å². The topological polar surface area (TPSA) is 58.6 Å². The van der Waals surface area contributed by atoms with Gasteiger partial charge in [0.1, 0.15) is 6.61 Å². The predicted octanol–water partition coefficient (Wildman–Crippen LogP) is -0.160. The van der Waals surface area contributed by atoms with Gasteiger partial charge in [0.15, 0.2) is 0 Å². The molecule has 0 amide bonds. The van der Waals surface area contributed by atoms with E-state index in [1.165, 1.54) is 0 Å². The van der Waals surface area contributed by atoms with Crippen LogP contribution in [0.15, 0.2) is 0 Å². The van der Waals surface area contributed by atoms with Gasteiger partial charge in [-0.15, -0.1) is 0 Å². The molecule has 0 aromatic heterocycles. The smallest absolute Gasteiger partial charge is 0.329 e. The molecule has 1 fully saturated rings. The third kappa shape index (κ3) is 3.34. The first-order chi connectivity index (χ1) is 5.29. The van der Waals surface area contributed by atoms with Gasteiger partial charge in [0.25, 0.3) is 0 Å². The number of piperidine rings is 1. The molecule has 0 unspecified atom stereocenters. The van der Waals surface area contributed by atoms with Gasteiger partial charge in [0.2, 0.25) is 0 Å². The predicted molar refractivity (Wildman–Crippen MR) is 39.5 cm³/mol. The Balaban J connectivity index is 2.09. The lowest BCUT2D eigenvalue weighted by Gasteiger charge is -2.21. The van der Waals surface area contributed by atoms with Crippen LogP contribution in [0.2, 0.25) is 0 Å². The van der Waals surface area contributed by atoms with Gasteiger partial charge >= 0.3 is 5.97 Å². The highest BCUT2D eigenvalue weighted by Gasteiger charge is 2.13. The van der Waals surface area contributed by atoms with Crippen molar-refractivity contribution < 1.29 is 14.6 Å². The summed E-state index contributed by atoms with van der Waals surface area (Å²) >= 11 is 0. The maximum atomic E-state index is 10.1. The number of hydrogen-bond acceptors (Lipinski definition) is 3. The van der Waals surface area contributed by atoms with Crippen LogP contribution in [0.1, 0.15) is 12.8 Å². The fraction of sp³-hybridized carbons (Fsp3) is 0.857. The summed E-state index contributed by atoms with van der Waals surface area (Å²) in [5.41, 5.74) is 0.